The second kappa shape index (κ2) is 34.0. The van der Waals surface area contributed by atoms with Crippen LogP contribution < -0.4 is 21.3 Å². The van der Waals surface area contributed by atoms with Crippen molar-refractivity contribution in [3.63, 3.8) is 0 Å². The Bertz CT molecular complexity index is 2690. The molecule has 26 heteroatoms. The van der Waals surface area contributed by atoms with Gasteiger partial charge >= 0.3 is 6.18 Å². The second-order valence-corrected chi connectivity index (χ2v) is 29.8. The largest absolute Gasteiger partial charge is 0.393 e. The van der Waals surface area contributed by atoms with Crippen LogP contribution >= 0.6 is 11.6 Å². The molecule has 0 bridgehead atoms. The van der Waals surface area contributed by atoms with Crippen molar-refractivity contribution in [3.8, 4) is 0 Å². The van der Waals surface area contributed by atoms with Gasteiger partial charge < -0.3 is 55.6 Å². The van der Waals surface area contributed by atoms with E-state index in [1.54, 1.807) is 20.8 Å². The van der Waals surface area contributed by atoms with E-state index in [-0.39, 0.29) is 114 Å². The van der Waals surface area contributed by atoms with E-state index in [0.29, 0.717) is 32.1 Å². The molecule has 532 valence electrons. The van der Waals surface area contributed by atoms with Crippen LogP contribution in [0.1, 0.15) is 203 Å². The average Bonchev–Trinajstić information content (AvgIpc) is 1.17. The van der Waals surface area contributed by atoms with Crippen molar-refractivity contribution in [3.05, 3.63) is 0 Å². The highest BCUT2D eigenvalue weighted by atomic mass is 35.5. The average molecular weight is 1350 g/mol. The van der Waals surface area contributed by atoms with Gasteiger partial charge in [0.25, 0.3) is 0 Å². The molecule has 0 radical (unpaired) electrons. The predicted octanol–water partition coefficient (Wildman–Crippen LogP) is 6.54. The van der Waals surface area contributed by atoms with Crippen molar-refractivity contribution in [1.82, 2.24) is 55.6 Å². The minimum Gasteiger partial charge on any atom is -0.351 e. The van der Waals surface area contributed by atoms with E-state index in [1.807, 2.05) is 34.6 Å². The van der Waals surface area contributed by atoms with Crippen LogP contribution in [-0.4, -0.2) is 226 Å². The van der Waals surface area contributed by atoms with E-state index in [4.69, 9.17) is 11.6 Å². The van der Waals surface area contributed by atoms with Crippen LogP contribution in [-0.2, 0) is 52.7 Å². The molecule has 6 aliphatic rings. The molecule has 11 amide bonds. The number of hydrogen-bond acceptors (Lipinski definition) is 11. The molecule has 94 heavy (non-hydrogen) atoms. The maximum absolute atomic E-state index is 15.1. The standard InChI is InChI=1S/C68H111ClF3N11O11/c1-14-22-50-64(92)83-34-30-51(83)63(91)80(12)53(38-44-23-17-16-18-24-44)62(90)77(9)39-54(84)74-48(29-27-45-26-28-46(47(69)37-45)68(70,71)72)61(89)82-33-21-25-49(82)59(87)76-67(31-19-20-32-67)66(94)81(13)57(41(5)6)60(88)73-43(8)36-55(85)78(10)52(35-40(3)4)58(86)75-56(42(7)15-2)65(93)79(50)11/h40-53,56-57H,14-39H2,1-13H3,(H,73,88)(H,74,84)(H,75,86)(H,76,87)/t42-,43+,45?,46?,47?,48-,49-,50-,51-,52-,53-,56-,57-/m0/s1. The quantitative estimate of drug-likeness (QED) is 0.153. The van der Waals surface area contributed by atoms with E-state index < -0.39 is 161 Å². The highest BCUT2D eigenvalue weighted by molar-refractivity contribution is 6.20. The van der Waals surface area contributed by atoms with Crippen molar-refractivity contribution >= 4 is 76.6 Å². The first-order chi connectivity index (χ1) is 44.2. The van der Waals surface area contributed by atoms with Gasteiger partial charge in [-0.25, -0.2) is 0 Å². The summed E-state index contributed by atoms with van der Waals surface area (Å²) in [7, 11) is 7.44. The minimum absolute atomic E-state index is 0.0167. The third-order valence-electron chi connectivity index (χ3n) is 21.4. The molecular formula is C68H111ClF3N11O11. The van der Waals surface area contributed by atoms with E-state index in [2.05, 4.69) is 21.3 Å². The van der Waals surface area contributed by atoms with Gasteiger partial charge in [0.05, 0.1) is 12.5 Å². The third kappa shape index (κ3) is 18.9. The molecule has 3 aliphatic heterocycles. The Morgan fingerprint density at radius 1 is 0.596 bits per heavy atom. The molecule has 13 atom stereocenters. The lowest BCUT2D eigenvalue weighted by molar-refractivity contribution is -0.182. The number of carbonyl (C=O) groups is 11. The number of fused-ring (bicyclic) bond motifs is 2. The number of hydrogen-bond donors (Lipinski definition) is 4. The van der Waals surface area contributed by atoms with Gasteiger partial charge in [-0.1, -0.05) is 106 Å². The number of alkyl halides is 4. The van der Waals surface area contributed by atoms with Crippen LogP contribution in [0, 0.1) is 35.5 Å². The summed E-state index contributed by atoms with van der Waals surface area (Å²) in [5.41, 5.74) is -1.48. The van der Waals surface area contributed by atoms with Gasteiger partial charge in [0.2, 0.25) is 65.0 Å². The smallest absolute Gasteiger partial charge is 0.351 e. The Balaban J connectivity index is 1.38. The predicted molar refractivity (Wildman–Crippen MR) is 350 cm³/mol. The maximum atomic E-state index is 15.1. The van der Waals surface area contributed by atoms with Gasteiger partial charge in [-0.05, 0) is 120 Å². The van der Waals surface area contributed by atoms with Gasteiger partial charge in [-0.15, -0.1) is 11.6 Å². The third-order valence-corrected chi connectivity index (χ3v) is 21.9. The van der Waals surface area contributed by atoms with Crippen LogP contribution in [0.3, 0.4) is 0 Å². The summed E-state index contributed by atoms with van der Waals surface area (Å²) in [5.74, 6) is -9.21. The molecular weight excluding hydrogens is 1240 g/mol. The lowest BCUT2D eigenvalue weighted by Gasteiger charge is -2.46. The highest BCUT2D eigenvalue weighted by Gasteiger charge is 2.52. The molecule has 0 aromatic rings. The number of nitrogens with zero attached hydrogens (tertiary/aromatic N) is 7. The summed E-state index contributed by atoms with van der Waals surface area (Å²) in [6, 6.07) is -9.62. The SMILES string of the molecule is CCC[C@H]1C(=O)N2CC[C@H]2C(=O)N(C)[C@@H](CC2CCCCC2)C(=O)N(C)CC(=O)N[C@@H](CCC2CCC(C(F)(F)F)C(Cl)C2)C(=O)N2CCC[C@H]2C(=O)NC2(CCCC2)C(=O)N(C)[C@@H](C(C)C)C(=O)N[C@H](C)CC(=O)N(C)[C@@H](CC(C)C)C(=O)N[C@@H]([C@@H](C)CC)C(=O)N1C. The van der Waals surface area contributed by atoms with E-state index in [0.717, 1.165) is 32.1 Å². The summed E-state index contributed by atoms with van der Waals surface area (Å²) in [6.45, 7) is 14.3. The molecule has 0 aromatic heterocycles. The summed E-state index contributed by atoms with van der Waals surface area (Å²) < 4.78 is 41.9. The van der Waals surface area contributed by atoms with Gasteiger partial charge in [-0.2, -0.15) is 13.2 Å². The van der Waals surface area contributed by atoms with E-state index in [1.165, 1.54) is 69.5 Å². The summed E-state index contributed by atoms with van der Waals surface area (Å²) in [5, 5.41) is 10.6. The van der Waals surface area contributed by atoms with Gasteiger partial charge in [0.15, 0.2) is 0 Å². The minimum atomic E-state index is -4.49. The molecule has 0 aromatic carbocycles. The molecule has 6 fully saturated rings. The highest BCUT2D eigenvalue weighted by Crippen LogP contribution is 2.44. The molecule has 6 rings (SSSR count). The first-order valence-corrected chi connectivity index (χ1v) is 35.5. The van der Waals surface area contributed by atoms with Crippen molar-refractivity contribution in [1.29, 1.82) is 0 Å². The molecule has 22 nitrogen and oxygen atoms in total. The summed E-state index contributed by atoms with van der Waals surface area (Å²) >= 11 is 6.39. The Labute approximate surface area is 560 Å². The number of likely N-dealkylation sites (N-methyl/N-ethyl adjacent to an activating group) is 5. The van der Waals surface area contributed by atoms with Crippen LogP contribution in [0.5, 0.6) is 0 Å². The Morgan fingerprint density at radius 2 is 1.23 bits per heavy atom. The molecule has 3 saturated heterocycles. The normalized spacial score (nSPS) is 31.1. The first kappa shape index (κ1) is 77.3. The van der Waals surface area contributed by atoms with E-state index >= 15 is 14.4 Å². The molecule has 4 N–H and O–H groups in total. The fourth-order valence-electron chi connectivity index (χ4n) is 15.4. The number of carbonyl (C=O) groups excluding carboxylic acids is 11. The number of amides is 11. The van der Waals surface area contributed by atoms with Crippen molar-refractivity contribution in [2.24, 2.45) is 35.5 Å². The van der Waals surface area contributed by atoms with Crippen LogP contribution in [0.15, 0.2) is 0 Å². The molecule has 1 spiro atoms. The second-order valence-electron chi connectivity index (χ2n) is 29.2. The first-order valence-electron chi connectivity index (χ1n) is 35.0. The van der Waals surface area contributed by atoms with Crippen molar-refractivity contribution in [2.45, 2.75) is 275 Å². The Hall–Kier alpha value is -5.75. The topological polar surface area (TPSA) is 259 Å². The maximum Gasteiger partial charge on any atom is 0.393 e. The lowest BCUT2D eigenvalue weighted by atomic mass is 9.78. The zero-order chi connectivity index (χ0) is 69.8. The zero-order valence-electron chi connectivity index (χ0n) is 58.3. The number of halogens is 4. The van der Waals surface area contributed by atoms with Gasteiger partial charge in [-0.3, -0.25) is 52.7 Å². The van der Waals surface area contributed by atoms with Crippen LogP contribution in [0.25, 0.3) is 0 Å². The Morgan fingerprint density at radius 3 is 1.81 bits per heavy atom. The molecule has 3 aliphatic carbocycles. The fourth-order valence-corrected chi connectivity index (χ4v) is 15.9. The van der Waals surface area contributed by atoms with Gasteiger partial charge in [0.1, 0.15) is 53.9 Å². The zero-order valence-corrected chi connectivity index (χ0v) is 59.0. The molecule has 3 heterocycles. The van der Waals surface area contributed by atoms with Crippen molar-refractivity contribution in [2.75, 3.05) is 54.9 Å². The molecule has 3 saturated carbocycles. The molecule has 3 unspecified atom stereocenters. The van der Waals surface area contributed by atoms with E-state index in [9.17, 15) is 51.5 Å². The number of rotatable bonds is 12. The summed E-state index contributed by atoms with van der Waals surface area (Å²) in [6.07, 6.45) is 3.93. The lowest BCUT2D eigenvalue weighted by Crippen LogP contribution is -2.65. The Kier molecular flexibility index (Phi) is 27.9. The van der Waals surface area contributed by atoms with Crippen molar-refractivity contribution < 1.29 is 65.9 Å². The fraction of sp³-hybridized carbons (Fsp3) is 0.838. The number of nitrogens with one attached hydrogen (secondary N) is 4. The monoisotopic (exact) mass is 1350 g/mol. The summed E-state index contributed by atoms with van der Waals surface area (Å²) in [4.78, 5) is 172. The van der Waals surface area contributed by atoms with Gasteiger partial charge in [0, 0.05) is 66.2 Å². The van der Waals surface area contributed by atoms with Crippen LogP contribution in [0.4, 0.5) is 13.2 Å². The van der Waals surface area contributed by atoms with Crippen LogP contribution in [0.2, 0.25) is 0 Å².